The summed E-state index contributed by atoms with van der Waals surface area (Å²) >= 11 is 0. The lowest BCUT2D eigenvalue weighted by atomic mass is 10.0. The molecule has 314 valence electrons. The van der Waals surface area contributed by atoms with E-state index in [9.17, 15) is 28.8 Å². The van der Waals surface area contributed by atoms with Gasteiger partial charge in [-0.25, -0.2) is 9.59 Å². The topological polar surface area (TPSA) is 197 Å². The van der Waals surface area contributed by atoms with Gasteiger partial charge in [-0.15, -0.1) is 0 Å². The van der Waals surface area contributed by atoms with Gasteiger partial charge in [0.25, 0.3) is 0 Å². The van der Waals surface area contributed by atoms with Crippen molar-refractivity contribution in [3.8, 4) is 0 Å². The quantitative estimate of drug-likeness (QED) is 0.0978. The third kappa shape index (κ3) is 12.9. The zero-order valence-corrected chi connectivity index (χ0v) is 34.1. The molecule has 0 aliphatic carbocycles. The monoisotopic (exact) mass is 810 g/mol. The van der Waals surface area contributed by atoms with E-state index in [1.807, 2.05) is 72.8 Å². The van der Waals surface area contributed by atoms with E-state index in [0.29, 0.717) is 12.8 Å². The van der Waals surface area contributed by atoms with Crippen LogP contribution in [0.4, 0.5) is 4.79 Å². The van der Waals surface area contributed by atoms with Crippen LogP contribution in [0.2, 0.25) is 0 Å². The van der Waals surface area contributed by atoms with Crippen molar-refractivity contribution in [3.05, 3.63) is 108 Å². The van der Waals surface area contributed by atoms with Gasteiger partial charge in [-0.3, -0.25) is 19.2 Å². The molecule has 3 aromatic carbocycles. The highest BCUT2D eigenvalue weighted by Crippen LogP contribution is 2.23. The molecule has 1 aliphatic rings. The normalized spacial score (nSPS) is 15.9. The van der Waals surface area contributed by atoms with Crippen LogP contribution in [-0.2, 0) is 57.8 Å². The summed E-state index contributed by atoms with van der Waals surface area (Å²) in [5.74, 6) is -3.10. The minimum absolute atomic E-state index is 0.0203. The van der Waals surface area contributed by atoms with Crippen LogP contribution < -0.4 is 21.3 Å². The van der Waals surface area contributed by atoms with Crippen molar-refractivity contribution < 1.29 is 43.0 Å². The zero-order chi connectivity index (χ0) is 42.5. The van der Waals surface area contributed by atoms with Crippen molar-refractivity contribution in [3.63, 3.8) is 0 Å². The molecule has 5 N–H and O–H groups in total. The van der Waals surface area contributed by atoms with Crippen LogP contribution in [0.15, 0.2) is 91.1 Å². The number of likely N-dealkylation sites (tertiary alicyclic amines) is 1. The van der Waals surface area contributed by atoms with E-state index in [1.54, 1.807) is 39.1 Å². The Labute approximate surface area is 343 Å². The molecule has 15 nitrogen and oxygen atoms in total. The Morgan fingerprint density at radius 1 is 0.763 bits per heavy atom. The summed E-state index contributed by atoms with van der Waals surface area (Å²) in [6.45, 7) is 8.28. The highest BCUT2D eigenvalue weighted by Gasteiger charge is 2.39. The number of carbonyl (C=O) groups is 6. The molecule has 1 aromatic heterocycles. The second-order valence-electron chi connectivity index (χ2n) is 15.6. The van der Waals surface area contributed by atoms with Crippen molar-refractivity contribution in [2.45, 2.75) is 103 Å². The fourth-order valence-corrected chi connectivity index (χ4v) is 6.62. The molecule has 5 atom stereocenters. The molecule has 0 unspecified atom stereocenters. The maximum absolute atomic E-state index is 14.2. The fourth-order valence-electron chi connectivity index (χ4n) is 6.62. The number of H-pyrrole nitrogens is 1. The number of nitrogens with one attached hydrogen (secondary N) is 5. The SMILES string of the molecule is C[C@@H](NC(=O)[C@@H]1CCCN1C(=O)[C@@H](Cc1c[nH]c2ccccc12)NC(=O)OC(C)(C)C)C(=O)N[C@@H](COCc1ccccc1)C(=O)N[C@H](C)C(=O)OCc1ccccc1. The number of carbonyl (C=O) groups excluding carboxylic acids is 6. The molecule has 0 bridgehead atoms. The summed E-state index contributed by atoms with van der Waals surface area (Å²) in [7, 11) is 0. The largest absolute Gasteiger partial charge is 0.459 e. The summed E-state index contributed by atoms with van der Waals surface area (Å²) in [6.07, 6.45) is 1.99. The van der Waals surface area contributed by atoms with Crippen LogP contribution in [0.1, 0.15) is 64.2 Å². The van der Waals surface area contributed by atoms with E-state index in [2.05, 4.69) is 26.3 Å². The number of para-hydroxylation sites is 1. The number of alkyl carbamates (subject to hydrolysis) is 1. The Kier molecular flexibility index (Phi) is 15.2. The lowest BCUT2D eigenvalue weighted by Gasteiger charge is -2.30. The number of amides is 5. The summed E-state index contributed by atoms with van der Waals surface area (Å²) < 4.78 is 16.7. The van der Waals surface area contributed by atoms with Gasteiger partial charge in [0.15, 0.2) is 0 Å². The molecule has 2 heterocycles. The van der Waals surface area contributed by atoms with Crippen molar-refractivity contribution >= 4 is 46.6 Å². The van der Waals surface area contributed by atoms with E-state index in [0.717, 1.165) is 27.6 Å². The van der Waals surface area contributed by atoms with Gasteiger partial charge in [0.05, 0.1) is 13.2 Å². The average Bonchev–Trinajstić information content (AvgIpc) is 3.87. The molecular weight excluding hydrogens is 757 g/mol. The lowest BCUT2D eigenvalue weighted by molar-refractivity contribution is -0.149. The number of hydrogen-bond acceptors (Lipinski definition) is 9. The molecule has 15 heteroatoms. The van der Waals surface area contributed by atoms with Gasteiger partial charge in [-0.05, 0) is 70.2 Å². The highest BCUT2D eigenvalue weighted by atomic mass is 16.6. The standard InChI is InChI=1S/C44H54N6O9/c1-28(38(51)48-36(27-57-25-30-15-8-6-9-16-30)39(52)47-29(2)42(55)58-26-31-17-10-7-11-18-31)46-40(53)37-21-14-22-50(37)41(54)35(49-43(56)59-44(3,4)5)23-32-24-45-34-20-13-12-19-33(32)34/h6-13,15-20,24,28-29,35-37,45H,14,21-23,25-27H2,1-5H3,(H,46,53)(H,47,52)(H,48,51)(H,49,56)/t28-,29-,35-,36+,37+/m1/s1. The Morgan fingerprint density at radius 2 is 1.41 bits per heavy atom. The summed E-state index contributed by atoms with van der Waals surface area (Å²) in [6, 6.07) is 20.5. The predicted molar refractivity (Wildman–Crippen MR) is 219 cm³/mol. The Bertz CT molecular complexity index is 2070. The predicted octanol–water partition coefficient (Wildman–Crippen LogP) is 4.05. The van der Waals surface area contributed by atoms with Crippen molar-refractivity contribution in [1.82, 2.24) is 31.2 Å². The van der Waals surface area contributed by atoms with Crippen LogP contribution in [-0.4, -0.2) is 94.5 Å². The van der Waals surface area contributed by atoms with Crippen LogP contribution in [0.5, 0.6) is 0 Å². The summed E-state index contributed by atoms with van der Waals surface area (Å²) in [5.41, 5.74) is 2.48. The van der Waals surface area contributed by atoms with Gasteiger partial charge in [0.2, 0.25) is 23.6 Å². The van der Waals surface area contributed by atoms with Gasteiger partial charge >= 0.3 is 12.1 Å². The van der Waals surface area contributed by atoms with Gasteiger partial charge in [-0.2, -0.15) is 0 Å². The van der Waals surface area contributed by atoms with Crippen molar-refractivity contribution in [2.24, 2.45) is 0 Å². The van der Waals surface area contributed by atoms with Crippen LogP contribution >= 0.6 is 0 Å². The molecule has 0 radical (unpaired) electrons. The van der Waals surface area contributed by atoms with Gasteiger partial charge in [0.1, 0.15) is 42.4 Å². The first-order valence-electron chi connectivity index (χ1n) is 19.8. The molecular formula is C44H54N6O9. The third-order valence-electron chi connectivity index (χ3n) is 9.64. The number of ether oxygens (including phenoxy) is 3. The number of hydrogen-bond donors (Lipinski definition) is 5. The molecule has 0 spiro atoms. The minimum atomic E-state index is -1.25. The van der Waals surface area contributed by atoms with Gasteiger partial charge in [0, 0.05) is 30.1 Å². The van der Waals surface area contributed by atoms with Crippen molar-refractivity contribution in [2.75, 3.05) is 13.2 Å². The molecule has 5 rings (SSSR count). The number of aromatic nitrogens is 1. The van der Waals surface area contributed by atoms with Crippen molar-refractivity contribution in [1.29, 1.82) is 0 Å². The van der Waals surface area contributed by atoms with Crippen LogP contribution in [0.3, 0.4) is 0 Å². The Balaban J connectivity index is 1.23. The average molecular weight is 811 g/mol. The maximum atomic E-state index is 14.2. The molecule has 5 amide bonds. The third-order valence-corrected chi connectivity index (χ3v) is 9.64. The lowest BCUT2D eigenvalue weighted by Crippen LogP contribution is -2.58. The number of rotatable bonds is 17. The molecule has 1 aliphatic heterocycles. The Hall–Kier alpha value is -6.22. The number of benzene rings is 3. The first-order chi connectivity index (χ1) is 28.2. The van der Waals surface area contributed by atoms with E-state index in [1.165, 1.54) is 18.7 Å². The molecule has 1 saturated heterocycles. The first kappa shape index (κ1) is 43.9. The molecule has 4 aromatic rings. The molecule has 59 heavy (non-hydrogen) atoms. The second kappa shape index (κ2) is 20.5. The summed E-state index contributed by atoms with van der Waals surface area (Å²) in [5, 5.41) is 11.6. The summed E-state index contributed by atoms with van der Waals surface area (Å²) in [4.78, 5) is 85.4. The number of nitrogens with zero attached hydrogens (tertiary/aromatic N) is 1. The highest BCUT2D eigenvalue weighted by molar-refractivity contribution is 5.96. The number of esters is 1. The number of fused-ring (bicyclic) bond motifs is 1. The molecule has 1 fully saturated rings. The fraction of sp³-hybridized carbons (Fsp3) is 0.409. The van der Waals surface area contributed by atoms with Crippen LogP contribution in [0, 0.1) is 0 Å². The maximum Gasteiger partial charge on any atom is 0.408 e. The van der Waals surface area contributed by atoms with E-state index in [-0.39, 0.29) is 32.8 Å². The van der Waals surface area contributed by atoms with E-state index in [4.69, 9.17) is 14.2 Å². The zero-order valence-electron chi connectivity index (χ0n) is 34.1. The first-order valence-corrected chi connectivity index (χ1v) is 19.8. The van der Waals surface area contributed by atoms with Gasteiger partial charge in [-0.1, -0.05) is 78.9 Å². The van der Waals surface area contributed by atoms with Gasteiger partial charge < -0.3 is 45.4 Å². The number of aromatic amines is 1. The molecule has 0 saturated carbocycles. The van der Waals surface area contributed by atoms with Crippen LogP contribution in [0.25, 0.3) is 10.9 Å². The smallest absolute Gasteiger partial charge is 0.408 e. The van der Waals surface area contributed by atoms with E-state index >= 15 is 0 Å². The Morgan fingerprint density at radius 3 is 2.08 bits per heavy atom. The minimum Gasteiger partial charge on any atom is -0.459 e. The second-order valence-corrected chi connectivity index (χ2v) is 15.6. The van der Waals surface area contributed by atoms with E-state index < -0.39 is 71.5 Å².